The van der Waals surface area contributed by atoms with E-state index < -0.39 is 12.2 Å². The minimum absolute atomic E-state index is 0.168. The van der Waals surface area contributed by atoms with Gasteiger partial charge in [0.1, 0.15) is 17.4 Å². The van der Waals surface area contributed by atoms with E-state index in [4.69, 9.17) is 5.73 Å². The highest BCUT2D eigenvalue weighted by Crippen LogP contribution is 2.57. The fraction of sp³-hybridized carbons (Fsp3) is 0.583. The van der Waals surface area contributed by atoms with E-state index in [1.807, 2.05) is 4.57 Å². The quantitative estimate of drug-likeness (QED) is 0.646. The minimum Gasteiger partial charge on any atom is -0.390 e. The molecule has 2 fully saturated rings. The summed E-state index contributed by atoms with van der Waals surface area (Å²) in [5.41, 5.74) is 7.02. The van der Waals surface area contributed by atoms with Gasteiger partial charge in [0.15, 0.2) is 11.5 Å². The molecule has 4 N–H and O–H groups in total. The number of aromatic nitrogens is 4. The lowest BCUT2D eigenvalue weighted by Crippen LogP contribution is -2.31. The number of aliphatic hydroxyl groups is 2. The Balaban J connectivity index is 1.88. The van der Waals surface area contributed by atoms with Crippen molar-refractivity contribution < 1.29 is 10.2 Å². The molecule has 100 valence electrons. The summed E-state index contributed by atoms with van der Waals surface area (Å²) < 4.78 is 1.84. The van der Waals surface area contributed by atoms with Crippen LogP contribution < -0.4 is 5.73 Å². The van der Waals surface area contributed by atoms with E-state index in [0.29, 0.717) is 28.7 Å². The molecule has 2 aliphatic carbocycles. The second-order valence-corrected chi connectivity index (χ2v) is 5.52. The topological polar surface area (TPSA) is 110 Å². The molecule has 2 aliphatic rings. The van der Waals surface area contributed by atoms with E-state index in [-0.39, 0.29) is 12.0 Å². The Bertz CT molecular complexity index is 669. The van der Waals surface area contributed by atoms with Crippen molar-refractivity contribution in [2.24, 2.45) is 11.8 Å². The molecule has 0 bridgehead atoms. The van der Waals surface area contributed by atoms with Crippen LogP contribution in [0.4, 0.5) is 5.82 Å². The third-order valence-electron chi connectivity index (χ3n) is 4.35. The molecule has 0 aliphatic heterocycles. The number of nitrogens with zero attached hydrogens (tertiary/aromatic N) is 4. The first-order chi connectivity index (χ1) is 9.08. The van der Waals surface area contributed by atoms with Crippen molar-refractivity contribution in [1.29, 1.82) is 0 Å². The van der Waals surface area contributed by atoms with E-state index in [0.717, 1.165) is 6.42 Å². The molecular formula is C12H15N5O2. The Kier molecular flexibility index (Phi) is 2.01. The van der Waals surface area contributed by atoms with Crippen LogP contribution in [0.15, 0.2) is 6.33 Å². The summed E-state index contributed by atoms with van der Waals surface area (Å²) in [5.74, 6) is 1.44. The van der Waals surface area contributed by atoms with Crippen LogP contribution in [0.2, 0.25) is 0 Å². The number of fused-ring (bicyclic) bond motifs is 2. The molecule has 19 heavy (non-hydrogen) atoms. The molecule has 2 aromatic rings. The molecule has 0 spiro atoms. The molecule has 0 radical (unpaired) electrons. The van der Waals surface area contributed by atoms with Gasteiger partial charge in [-0.15, -0.1) is 0 Å². The lowest BCUT2D eigenvalue weighted by molar-refractivity contribution is 0.00386. The number of nitrogen functional groups attached to an aromatic ring is 1. The Morgan fingerprint density at radius 2 is 2.05 bits per heavy atom. The predicted molar refractivity (Wildman–Crippen MR) is 67.1 cm³/mol. The third kappa shape index (κ3) is 1.36. The van der Waals surface area contributed by atoms with Crippen molar-refractivity contribution in [3.05, 3.63) is 12.2 Å². The van der Waals surface area contributed by atoms with Gasteiger partial charge in [-0.3, -0.25) is 0 Å². The largest absolute Gasteiger partial charge is 0.390 e. The molecule has 7 nitrogen and oxygen atoms in total. The van der Waals surface area contributed by atoms with Crippen LogP contribution in [-0.4, -0.2) is 41.9 Å². The summed E-state index contributed by atoms with van der Waals surface area (Å²) in [4.78, 5) is 12.7. The van der Waals surface area contributed by atoms with Gasteiger partial charge >= 0.3 is 0 Å². The highest BCUT2D eigenvalue weighted by Gasteiger charge is 2.60. The van der Waals surface area contributed by atoms with Gasteiger partial charge in [0.05, 0.1) is 18.5 Å². The average Bonchev–Trinajstić information content (AvgIpc) is 2.96. The first-order valence-corrected chi connectivity index (χ1v) is 6.40. The average molecular weight is 261 g/mol. The van der Waals surface area contributed by atoms with Crippen molar-refractivity contribution in [3.8, 4) is 0 Å². The minimum atomic E-state index is -0.766. The molecule has 4 rings (SSSR count). The summed E-state index contributed by atoms with van der Waals surface area (Å²) in [6.45, 7) is 1.77. The maximum atomic E-state index is 10.2. The van der Waals surface area contributed by atoms with Crippen molar-refractivity contribution >= 4 is 17.0 Å². The maximum absolute atomic E-state index is 10.2. The fourth-order valence-corrected chi connectivity index (χ4v) is 3.37. The smallest absolute Gasteiger partial charge is 0.166 e. The Morgan fingerprint density at radius 1 is 1.26 bits per heavy atom. The number of aryl methyl sites for hydroxylation is 1. The van der Waals surface area contributed by atoms with Gasteiger partial charge in [-0.2, -0.15) is 0 Å². The Hall–Kier alpha value is -1.73. The van der Waals surface area contributed by atoms with Gasteiger partial charge in [-0.05, 0) is 25.2 Å². The molecule has 1 unspecified atom stereocenters. The van der Waals surface area contributed by atoms with Crippen LogP contribution in [0.25, 0.3) is 11.2 Å². The highest BCUT2D eigenvalue weighted by atomic mass is 16.3. The van der Waals surface area contributed by atoms with Crippen LogP contribution in [-0.2, 0) is 0 Å². The van der Waals surface area contributed by atoms with Crippen molar-refractivity contribution in [3.63, 3.8) is 0 Å². The van der Waals surface area contributed by atoms with Gasteiger partial charge in [-0.1, -0.05) is 0 Å². The molecule has 2 heterocycles. The SMILES string of the molecule is Cc1nc(N)c2ncn([C@H]3C(O)[C@@H](O)[C@@H]4C[C@@H]43)c2n1. The first kappa shape index (κ1) is 11.1. The standard InChI is InChI=1S/C12H15N5O2/c1-4-15-11(13)7-12(16-4)17(3-14-7)8-5-2-6(5)9(18)10(8)19/h3,5-6,8-10,18-19H,2H2,1H3,(H2,13,15,16)/t5-,6+,8+,9-,10?/m0/s1. The number of hydrogen-bond donors (Lipinski definition) is 3. The number of hydrogen-bond acceptors (Lipinski definition) is 6. The molecule has 2 aromatic heterocycles. The number of nitrogens with two attached hydrogens (primary N) is 1. The van der Waals surface area contributed by atoms with Crippen molar-refractivity contribution in [1.82, 2.24) is 19.5 Å². The van der Waals surface area contributed by atoms with E-state index in [1.165, 1.54) is 0 Å². The molecule has 0 aromatic carbocycles. The zero-order valence-electron chi connectivity index (χ0n) is 10.4. The molecule has 2 saturated carbocycles. The molecular weight excluding hydrogens is 246 g/mol. The lowest BCUT2D eigenvalue weighted by Gasteiger charge is -2.22. The van der Waals surface area contributed by atoms with Crippen LogP contribution in [0, 0.1) is 18.8 Å². The van der Waals surface area contributed by atoms with E-state index in [2.05, 4.69) is 15.0 Å². The Labute approximate surface area is 109 Å². The first-order valence-electron chi connectivity index (χ1n) is 6.40. The van der Waals surface area contributed by atoms with Crippen LogP contribution >= 0.6 is 0 Å². The summed E-state index contributed by atoms with van der Waals surface area (Å²) in [5, 5.41) is 20.1. The second kappa shape index (κ2) is 3.43. The van der Waals surface area contributed by atoms with Crippen molar-refractivity contribution in [2.75, 3.05) is 5.73 Å². The number of aliphatic hydroxyl groups excluding tert-OH is 2. The maximum Gasteiger partial charge on any atom is 0.166 e. The van der Waals surface area contributed by atoms with Crippen LogP contribution in [0.3, 0.4) is 0 Å². The molecule has 0 amide bonds. The third-order valence-corrected chi connectivity index (χ3v) is 4.35. The summed E-state index contributed by atoms with van der Waals surface area (Å²) in [6, 6.07) is -0.168. The van der Waals surface area contributed by atoms with Gasteiger partial charge in [0.2, 0.25) is 0 Å². The van der Waals surface area contributed by atoms with Crippen molar-refractivity contribution in [2.45, 2.75) is 31.6 Å². The molecule has 5 atom stereocenters. The van der Waals surface area contributed by atoms with Gasteiger partial charge in [-0.25, -0.2) is 15.0 Å². The van der Waals surface area contributed by atoms with Gasteiger partial charge < -0.3 is 20.5 Å². The zero-order chi connectivity index (χ0) is 13.3. The molecule has 7 heteroatoms. The van der Waals surface area contributed by atoms with Crippen LogP contribution in [0.1, 0.15) is 18.3 Å². The normalized spacial score (nSPS) is 36.7. The molecule has 0 saturated heterocycles. The van der Waals surface area contributed by atoms with E-state index >= 15 is 0 Å². The van der Waals surface area contributed by atoms with Gasteiger partial charge in [0, 0.05) is 0 Å². The monoisotopic (exact) mass is 261 g/mol. The number of anilines is 1. The Morgan fingerprint density at radius 3 is 2.74 bits per heavy atom. The number of rotatable bonds is 1. The second-order valence-electron chi connectivity index (χ2n) is 5.52. The zero-order valence-corrected chi connectivity index (χ0v) is 10.4. The highest BCUT2D eigenvalue weighted by molar-refractivity contribution is 5.81. The predicted octanol–water partition coefficient (Wildman–Crippen LogP) is -0.370. The van der Waals surface area contributed by atoms with Gasteiger partial charge in [0.25, 0.3) is 0 Å². The summed E-state index contributed by atoms with van der Waals surface area (Å²) in [6.07, 6.45) is 1.17. The van der Waals surface area contributed by atoms with E-state index in [1.54, 1.807) is 13.3 Å². The summed E-state index contributed by atoms with van der Waals surface area (Å²) in [7, 11) is 0. The van der Waals surface area contributed by atoms with Crippen LogP contribution in [0.5, 0.6) is 0 Å². The fourth-order valence-electron chi connectivity index (χ4n) is 3.37. The summed E-state index contributed by atoms with van der Waals surface area (Å²) >= 11 is 0. The van der Waals surface area contributed by atoms with E-state index in [9.17, 15) is 10.2 Å². The number of imidazole rings is 1. The lowest BCUT2D eigenvalue weighted by atomic mass is 10.1.